The molecule has 0 atom stereocenters. The first kappa shape index (κ1) is 13.1. The van der Waals surface area contributed by atoms with Gasteiger partial charge in [-0.2, -0.15) is 0 Å². The molecule has 0 spiro atoms. The Morgan fingerprint density at radius 3 is 2.47 bits per heavy atom. The van der Waals surface area contributed by atoms with Crippen molar-refractivity contribution < 1.29 is 4.74 Å². The second-order valence-corrected chi connectivity index (χ2v) is 5.56. The lowest BCUT2D eigenvalue weighted by atomic mass is 10.1. The number of thiocarbonyl (C=S) groups is 1. The lowest BCUT2D eigenvalue weighted by molar-refractivity contribution is 0.145. The predicted molar refractivity (Wildman–Crippen MR) is 74.1 cm³/mol. The first-order valence-corrected chi connectivity index (χ1v) is 7.34. The summed E-state index contributed by atoms with van der Waals surface area (Å²) in [6, 6.07) is 0.655. The third kappa shape index (κ3) is 4.80. The molecule has 0 heterocycles. The van der Waals surface area contributed by atoms with Crippen molar-refractivity contribution in [2.75, 3.05) is 19.8 Å². The zero-order valence-electron chi connectivity index (χ0n) is 10.7. The second kappa shape index (κ2) is 6.55. The largest absolute Gasteiger partial charge is 0.382 e. The molecule has 0 aliphatic heterocycles. The fourth-order valence-corrected chi connectivity index (χ4v) is 2.49. The summed E-state index contributed by atoms with van der Waals surface area (Å²) in [5.74, 6) is 1.79. The van der Waals surface area contributed by atoms with E-state index in [0.29, 0.717) is 6.04 Å². The van der Waals surface area contributed by atoms with Gasteiger partial charge in [0.15, 0.2) is 5.11 Å². The molecule has 0 unspecified atom stereocenters. The molecule has 2 fully saturated rings. The summed E-state index contributed by atoms with van der Waals surface area (Å²) in [5.41, 5.74) is 0. The number of hydrogen-bond donors (Lipinski definition) is 2. The summed E-state index contributed by atoms with van der Waals surface area (Å²) in [6.45, 7) is 4.55. The summed E-state index contributed by atoms with van der Waals surface area (Å²) in [6.07, 6.45) is 6.58. The zero-order chi connectivity index (χ0) is 12.1. The number of hydrogen-bond acceptors (Lipinski definition) is 2. The van der Waals surface area contributed by atoms with Crippen molar-refractivity contribution >= 4 is 17.3 Å². The average Bonchev–Trinajstić information content (AvgIpc) is 3.18. The topological polar surface area (TPSA) is 33.3 Å². The Morgan fingerprint density at radius 1 is 1.29 bits per heavy atom. The molecule has 2 rings (SSSR count). The normalized spacial score (nSPS) is 19.4. The molecule has 0 aromatic heterocycles. The van der Waals surface area contributed by atoms with Crippen LogP contribution in [0.15, 0.2) is 0 Å². The van der Waals surface area contributed by atoms with Crippen LogP contribution < -0.4 is 10.6 Å². The van der Waals surface area contributed by atoms with E-state index < -0.39 is 0 Å². The molecule has 0 aromatic carbocycles. The first-order valence-electron chi connectivity index (χ1n) is 6.93. The van der Waals surface area contributed by atoms with Crippen molar-refractivity contribution in [3.8, 4) is 0 Å². The van der Waals surface area contributed by atoms with Crippen LogP contribution in [0.4, 0.5) is 0 Å². The van der Waals surface area contributed by atoms with E-state index in [1.807, 2.05) is 6.92 Å². The maximum atomic E-state index is 5.34. The van der Waals surface area contributed by atoms with Crippen molar-refractivity contribution in [3.63, 3.8) is 0 Å². The van der Waals surface area contributed by atoms with Crippen molar-refractivity contribution in [1.82, 2.24) is 10.6 Å². The van der Waals surface area contributed by atoms with Crippen LogP contribution >= 0.6 is 12.2 Å². The van der Waals surface area contributed by atoms with Crippen LogP contribution in [0.2, 0.25) is 0 Å². The number of ether oxygens (including phenoxy) is 1. The fourth-order valence-electron chi connectivity index (χ4n) is 2.25. The van der Waals surface area contributed by atoms with Gasteiger partial charge in [0.1, 0.15) is 0 Å². The molecule has 2 aliphatic carbocycles. The Bertz CT molecular complexity index is 240. The Balaban J connectivity index is 1.56. The molecule has 0 bridgehead atoms. The van der Waals surface area contributed by atoms with E-state index in [1.54, 1.807) is 0 Å². The van der Waals surface area contributed by atoms with Crippen molar-refractivity contribution in [2.24, 2.45) is 11.8 Å². The van der Waals surface area contributed by atoms with Gasteiger partial charge in [-0.15, -0.1) is 0 Å². The zero-order valence-corrected chi connectivity index (χ0v) is 11.5. The summed E-state index contributed by atoms with van der Waals surface area (Å²) in [4.78, 5) is 0. The molecule has 98 valence electrons. The Kier molecular flexibility index (Phi) is 5.04. The molecule has 2 saturated carbocycles. The minimum Gasteiger partial charge on any atom is -0.382 e. The van der Waals surface area contributed by atoms with Crippen LogP contribution in [0.1, 0.15) is 39.0 Å². The SMILES string of the molecule is CCOCCCNC(=S)NC(C1CC1)C1CC1. The highest BCUT2D eigenvalue weighted by molar-refractivity contribution is 7.80. The van der Waals surface area contributed by atoms with Gasteiger partial charge >= 0.3 is 0 Å². The Labute approximate surface area is 110 Å². The fraction of sp³-hybridized carbons (Fsp3) is 0.923. The first-order chi connectivity index (χ1) is 8.31. The molecule has 2 aliphatic rings. The molecule has 0 amide bonds. The summed E-state index contributed by atoms with van der Waals surface area (Å²) < 4.78 is 5.29. The third-order valence-corrected chi connectivity index (χ3v) is 3.77. The third-order valence-electron chi connectivity index (χ3n) is 3.51. The molecule has 0 saturated heterocycles. The summed E-state index contributed by atoms with van der Waals surface area (Å²) in [5, 5.41) is 7.63. The quantitative estimate of drug-likeness (QED) is 0.514. The van der Waals surface area contributed by atoms with E-state index >= 15 is 0 Å². The molecular formula is C13H24N2OS. The van der Waals surface area contributed by atoms with E-state index in [-0.39, 0.29) is 0 Å². The van der Waals surface area contributed by atoms with Crippen LogP contribution in [0.5, 0.6) is 0 Å². The van der Waals surface area contributed by atoms with Gasteiger partial charge in [0.05, 0.1) is 0 Å². The van der Waals surface area contributed by atoms with Crippen LogP contribution in [-0.2, 0) is 4.74 Å². The maximum absolute atomic E-state index is 5.34. The molecule has 3 nitrogen and oxygen atoms in total. The van der Waals surface area contributed by atoms with Crippen molar-refractivity contribution in [2.45, 2.75) is 45.1 Å². The van der Waals surface area contributed by atoms with Gasteiger partial charge in [-0.05, 0) is 63.1 Å². The van der Waals surface area contributed by atoms with Crippen LogP contribution in [0.3, 0.4) is 0 Å². The monoisotopic (exact) mass is 256 g/mol. The van der Waals surface area contributed by atoms with Crippen molar-refractivity contribution in [1.29, 1.82) is 0 Å². The van der Waals surface area contributed by atoms with Gasteiger partial charge in [0.25, 0.3) is 0 Å². The molecule has 4 heteroatoms. The maximum Gasteiger partial charge on any atom is 0.166 e. The van der Waals surface area contributed by atoms with E-state index in [4.69, 9.17) is 17.0 Å². The van der Waals surface area contributed by atoms with Crippen LogP contribution in [0, 0.1) is 11.8 Å². The average molecular weight is 256 g/mol. The lowest BCUT2D eigenvalue weighted by Crippen LogP contribution is -2.44. The van der Waals surface area contributed by atoms with Gasteiger partial charge < -0.3 is 15.4 Å². The molecule has 2 N–H and O–H groups in total. The summed E-state index contributed by atoms with van der Waals surface area (Å²) >= 11 is 5.34. The standard InChI is InChI=1S/C13H24N2OS/c1-2-16-9-3-8-14-13(17)15-12(10-4-5-10)11-6-7-11/h10-12H,2-9H2,1H3,(H2,14,15,17). The minimum atomic E-state index is 0.655. The van der Waals surface area contributed by atoms with Gasteiger partial charge in [-0.3, -0.25) is 0 Å². The molecule has 17 heavy (non-hydrogen) atoms. The molecule has 0 aromatic rings. The van der Waals surface area contributed by atoms with E-state index in [0.717, 1.165) is 43.1 Å². The second-order valence-electron chi connectivity index (χ2n) is 5.15. The number of rotatable bonds is 8. The molecular weight excluding hydrogens is 232 g/mol. The van der Waals surface area contributed by atoms with Gasteiger partial charge in [0.2, 0.25) is 0 Å². The van der Waals surface area contributed by atoms with E-state index in [1.165, 1.54) is 25.7 Å². The highest BCUT2D eigenvalue weighted by Crippen LogP contribution is 2.44. The molecule has 0 radical (unpaired) electrons. The summed E-state index contributed by atoms with van der Waals surface area (Å²) in [7, 11) is 0. The lowest BCUT2D eigenvalue weighted by Gasteiger charge is -2.20. The highest BCUT2D eigenvalue weighted by atomic mass is 32.1. The highest BCUT2D eigenvalue weighted by Gasteiger charge is 2.41. The van der Waals surface area contributed by atoms with Crippen molar-refractivity contribution in [3.05, 3.63) is 0 Å². The Hall–Kier alpha value is -0.350. The van der Waals surface area contributed by atoms with Crippen LogP contribution in [0.25, 0.3) is 0 Å². The Morgan fingerprint density at radius 2 is 1.94 bits per heavy atom. The van der Waals surface area contributed by atoms with Gasteiger partial charge in [-0.1, -0.05) is 0 Å². The van der Waals surface area contributed by atoms with E-state index in [2.05, 4.69) is 10.6 Å². The predicted octanol–water partition coefficient (Wildman–Crippen LogP) is 2.07. The van der Waals surface area contributed by atoms with E-state index in [9.17, 15) is 0 Å². The van der Waals surface area contributed by atoms with Gasteiger partial charge in [0, 0.05) is 25.8 Å². The minimum absolute atomic E-state index is 0.655. The smallest absolute Gasteiger partial charge is 0.166 e. The van der Waals surface area contributed by atoms with Gasteiger partial charge in [-0.25, -0.2) is 0 Å². The number of nitrogens with one attached hydrogen (secondary N) is 2. The van der Waals surface area contributed by atoms with Crippen LogP contribution in [-0.4, -0.2) is 30.9 Å².